The van der Waals surface area contributed by atoms with Crippen LogP contribution < -0.4 is 5.32 Å². The minimum Gasteiger partial charge on any atom is -0.388 e. The summed E-state index contributed by atoms with van der Waals surface area (Å²) in [6.07, 6.45) is -4.80. The molecule has 0 unspecified atom stereocenters. The number of ether oxygens (including phenoxy) is 2. The van der Waals surface area contributed by atoms with Crippen molar-refractivity contribution in [3.05, 3.63) is 10.4 Å². The maximum Gasteiger partial charge on any atom is 0.217 e. The van der Waals surface area contributed by atoms with E-state index in [4.69, 9.17) is 15.0 Å². The van der Waals surface area contributed by atoms with Crippen LogP contribution in [0.25, 0.3) is 10.4 Å². The lowest BCUT2D eigenvalue weighted by atomic mass is 9.97. The molecule has 1 aliphatic rings. The number of nitrogens with one attached hydrogen (secondary N) is 1. The number of hydrogen-bond acceptors (Lipinski definition) is 6. The van der Waals surface area contributed by atoms with Gasteiger partial charge >= 0.3 is 0 Å². The molecule has 0 radical (unpaired) electrons. The van der Waals surface area contributed by atoms with Crippen LogP contribution in [0.1, 0.15) is 13.3 Å². The van der Waals surface area contributed by atoms with Gasteiger partial charge in [-0.3, -0.25) is 4.79 Å². The Morgan fingerprint density at radius 1 is 1.52 bits per heavy atom. The van der Waals surface area contributed by atoms with E-state index < -0.39 is 43.2 Å². The molecule has 1 heterocycles. The molecule has 120 valence electrons. The highest BCUT2D eigenvalue weighted by molar-refractivity contribution is 5.73. The lowest BCUT2D eigenvalue weighted by Gasteiger charge is -2.41. The second-order valence-electron chi connectivity index (χ2n) is 4.58. The molecule has 5 atom stereocenters. The lowest BCUT2D eigenvalue weighted by Crippen LogP contribution is -2.64. The highest BCUT2D eigenvalue weighted by Crippen LogP contribution is 2.22. The average Bonchev–Trinajstić information content (AvgIpc) is 2.45. The van der Waals surface area contributed by atoms with Crippen molar-refractivity contribution in [2.24, 2.45) is 5.11 Å². The summed E-state index contributed by atoms with van der Waals surface area (Å²) in [5.41, 5.74) is 8.13. The summed E-state index contributed by atoms with van der Waals surface area (Å²) in [5.74, 6) is -0.448. The van der Waals surface area contributed by atoms with E-state index in [-0.39, 0.29) is 13.2 Å². The molecule has 0 aromatic heterocycles. The molecule has 1 rings (SSSR count). The number of nitrogens with zero attached hydrogens (tertiary/aromatic N) is 3. The van der Waals surface area contributed by atoms with E-state index in [9.17, 15) is 19.4 Å². The molecule has 21 heavy (non-hydrogen) atoms. The Morgan fingerprint density at radius 3 is 2.81 bits per heavy atom. The summed E-state index contributed by atoms with van der Waals surface area (Å²) >= 11 is 0. The molecule has 0 aromatic carbocycles. The fourth-order valence-corrected chi connectivity index (χ4v) is 1.97. The monoisotopic (exact) mass is 306 g/mol. The first-order chi connectivity index (χ1) is 10.0. The number of aliphatic hydroxyl groups excluding tert-OH is 2. The predicted octanol–water partition coefficient (Wildman–Crippen LogP) is -0.376. The predicted molar refractivity (Wildman–Crippen MR) is 68.8 cm³/mol. The van der Waals surface area contributed by atoms with Gasteiger partial charge in [0.25, 0.3) is 0 Å². The van der Waals surface area contributed by atoms with Gasteiger partial charge in [-0.05, 0) is 12.0 Å². The maximum atomic E-state index is 12.8. The smallest absolute Gasteiger partial charge is 0.217 e. The number of hydrogen-bond donors (Lipinski definition) is 3. The Bertz CT molecular complexity index is 393. The number of alkyl halides is 1. The van der Waals surface area contributed by atoms with Crippen molar-refractivity contribution in [2.45, 2.75) is 44.0 Å². The van der Waals surface area contributed by atoms with Crippen LogP contribution >= 0.6 is 0 Å². The van der Waals surface area contributed by atoms with E-state index in [1.807, 2.05) is 0 Å². The van der Waals surface area contributed by atoms with Crippen LogP contribution in [0.5, 0.6) is 0 Å². The standard InChI is InChI=1S/C11H19FN4O5/c1-6(17)15-8-10(19)9(18)7(5-12)21-11(8)20-4-2-3-14-16-13/h7-11,18-19H,2-5H2,1H3,(H,15,17)/t7-,8-,9+,10-,11+/m1/s1. The Hall–Kier alpha value is -1.45. The summed E-state index contributed by atoms with van der Waals surface area (Å²) in [6, 6.07) is -1.01. The summed E-state index contributed by atoms with van der Waals surface area (Å²) in [5, 5.41) is 25.4. The number of halogens is 1. The first-order valence-corrected chi connectivity index (χ1v) is 6.48. The molecule has 1 amide bonds. The molecule has 0 saturated carbocycles. The van der Waals surface area contributed by atoms with Gasteiger partial charge in [-0.1, -0.05) is 5.11 Å². The third-order valence-electron chi connectivity index (χ3n) is 2.97. The molecule has 1 saturated heterocycles. The summed E-state index contributed by atoms with van der Waals surface area (Å²) in [7, 11) is 0. The highest BCUT2D eigenvalue weighted by atomic mass is 19.1. The van der Waals surface area contributed by atoms with E-state index in [1.54, 1.807) is 0 Å². The van der Waals surface area contributed by atoms with Gasteiger partial charge in [-0.25, -0.2) is 4.39 Å². The van der Waals surface area contributed by atoms with Gasteiger partial charge < -0.3 is 25.0 Å². The maximum absolute atomic E-state index is 12.8. The highest BCUT2D eigenvalue weighted by Gasteiger charge is 2.45. The summed E-state index contributed by atoms with van der Waals surface area (Å²) < 4.78 is 23.3. The molecule has 1 fully saturated rings. The third-order valence-corrected chi connectivity index (χ3v) is 2.97. The zero-order valence-corrected chi connectivity index (χ0v) is 11.6. The Kier molecular flexibility index (Phi) is 7.34. The molecule has 0 spiro atoms. The Balaban J connectivity index is 2.64. The largest absolute Gasteiger partial charge is 0.388 e. The summed E-state index contributed by atoms with van der Waals surface area (Å²) in [6.45, 7) is 0.579. The zero-order chi connectivity index (χ0) is 15.8. The second kappa shape index (κ2) is 8.75. The van der Waals surface area contributed by atoms with Crippen molar-refractivity contribution in [1.82, 2.24) is 5.32 Å². The molecule has 0 aromatic rings. The molecule has 9 nitrogen and oxygen atoms in total. The SMILES string of the molecule is CC(=O)N[C@H]1[C@@H](OCCCN=[N+]=[N-])O[C@H](CF)[C@H](O)[C@@H]1O. The quantitative estimate of drug-likeness (QED) is 0.255. The molecule has 0 aliphatic carbocycles. The van der Waals surface area contributed by atoms with Crippen molar-refractivity contribution in [2.75, 3.05) is 19.8 Å². The van der Waals surface area contributed by atoms with E-state index >= 15 is 0 Å². The third kappa shape index (κ3) is 5.10. The van der Waals surface area contributed by atoms with Gasteiger partial charge in [0.2, 0.25) is 5.91 Å². The number of azide groups is 1. The second-order valence-corrected chi connectivity index (χ2v) is 4.58. The van der Waals surface area contributed by atoms with Crippen molar-refractivity contribution in [1.29, 1.82) is 0 Å². The first kappa shape index (κ1) is 17.6. The number of rotatable bonds is 7. The van der Waals surface area contributed by atoms with Crippen molar-refractivity contribution in [3.8, 4) is 0 Å². The minimum atomic E-state index is -1.46. The van der Waals surface area contributed by atoms with E-state index in [0.717, 1.165) is 0 Å². The zero-order valence-electron chi connectivity index (χ0n) is 11.6. The number of aliphatic hydroxyl groups is 2. The van der Waals surface area contributed by atoms with Gasteiger partial charge in [0.05, 0.1) is 0 Å². The average molecular weight is 306 g/mol. The van der Waals surface area contributed by atoms with Crippen LogP contribution in [-0.4, -0.2) is 66.6 Å². The van der Waals surface area contributed by atoms with Crippen molar-refractivity contribution in [3.63, 3.8) is 0 Å². The number of carbonyl (C=O) groups excluding carboxylic acids is 1. The number of amides is 1. The first-order valence-electron chi connectivity index (χ1n) is 6.48. The van der Waals surface area contributed by atoms with Crippen LogP contribution in [0.4, 0.5) is 4.39 Å². The fourth-order valence-electron chi connectivity index (χ4n) is 1.97. The fraction of sp³-hybridized carbons (Fsp3) is 0.909. The normalized spacial score (nSPS) is 32.3. The van der Waals surface area contributed by atoms with E-state index in [2.05, 4.69) is 15.3 Å². The summed E-state index contributed by atoms with van der Waals surface area (Å²) in [4.78, 5) is 13.7. The van der Waals surface area contributed by atoms with E-state index in [1.165, 1.54) is 6.92 Å². The number of carbonyl (C=O) groups is 1. The molecular formula is C11H19FN4O5. The molecule has 1 aliphatic heterocycles. The van der Waals surface area contributed by atoms with Crippen molar-refractivity contribution >= 4 is 5.91 Å². The molecule has 3 N–H and O–H groups in total. The van der Waals surface area contributed by atoms with Crippen molar-refractivity contribution < 1.29 is 28.9 Å². The van der Waals surface area contributed by atoms with Crippen LogP contribution in [0.2, 0.25) is 0 Å². The Morgan fingerprint density at radius 2 is 2.24 bits per heavy atom. The van der Waals surface area contributed by atoms with Crippen LogP contribution in [0, 0.1) is 0 Å². The van der Waals surface area contributed by atoms with Gasteiger partial charge in [-0.2, -0.15) is 0 Å². The topological polar surface area (TPSA) is 137 Å². The van der Waals surface area contributed by atoms with E-state index in [0.29, 0.717) is 6.42 Å². The van der Waals surface area contributed by atoms with Gasteiger partial charge in [0.1, 0.15) is 31.0 Å². The van der Waals surface area contributed by atoms with Crippen LogP contribution in [0.15, 0.2) is 5.11 Å². The minimum absolute atomic E-state index is 0.127. The van der Waals surface area contributed by atoms with Crippen LogP contribution in [0.3, 0.4) is 0 Å². The Labute approximate surface area is 120 Å². The lowest BCUT2D eigenvalue weighted by molar-refractivity contribution is -0.266. The van der Waals surface area contributed by atoms with Gasteiger partial charge in [0, 0.05) is 25.0 Å². The van der Waals surface area contributed by atoms with Gasteiger partial charge in [0.15, 0.2) is 6.29 Å². The van der Waals surface area contributed by atoms with Gasteiger partial charge in [-0.15, -0.1) is 0 Å². The molecule has 0 bridgehead atoms. The molecular weight excluding hydrogens is 287 g/mol. The molecule has 10 heteroatoms. The van der Waals surface area contributed by atoms with Crippen LogP contribution in [-0.2, 0) is 14.3 Å².